The lowest BCUT2D eigenvalue weighted by Gasteiger charge is -2.06. The predicted molar refractivity (Wildman–Crippen MR) is 71.2 cm³/mol. The Labute approximate surface area is 115 Å². The van der Waals surface area contributed by atoms with E-state index in [4.69, 9.17) is 45.2 Å². The first kappa shape index (κ1) is 19.3. The van der Waals surface area contributed by atoms with E-state index >= 15 is 0 Å². The number of carboxylic acids is 1. The number of nitrogens with two attached hydrogens (primary N) is 2. The Balaban J connectivity index is 0. The van der Waals surface area contributed by atoms with Crippen molar-refractivity contribution in [2.75, 3.05) is 18.3 Å². The van der Waals surface area contributed by atoms with E-state index in [-0.39, 0.29) is 23.5 Å². The third-order valence-corrected chi connectivity index (χ3v) is 2.22. The Morgan fingerprint density at radius 1 is 1.33 bits per heavy atom. The minimum Gasteiger partial charge on any atom is -0.480 e. The zero-order chi connectivity index (χ0) is 14.6. The molecule has 0 aliphatic heterocycles. The molecular formula is C9H18Cl2N4O3. The number of alkyl halides is 2. The smallest absolute Gasteiger partial charge is 0.320 e. The van der Waals surface area contributed by atoms with Crippen LogP contribution in [0.2, 0.25) is 0 Å². The summed E-state index contributed by atoms with van der Waals surface area (Å²) in [6.45, 7) is 0.482. The lowest BCUT2D eigenvalue weighted by atomic mass is 10.2. The second-order valence-electron chi connectivity index (χ2n) is 3.23. The molecule has 0 bridgehead atoms. The number of aliphatic carboxylic acids is 1. The van der Waals surface area contributed by atoms with Gasteiger partial charge in [-0.05, 0) is 12.8 Å². The Morgan fingerprint density at radius 2 is 1.83 bits per heavy atom. The molecule has 0 rings (SSSR count). The van der Waals surface area contributed by atoms with E-state index in [0.29, 0.717) is 19.4 Å². The number of rotatable bonds is 7. The summed E-state index contributed by atoms with van der Waals surface area (Å²) < 4.78 is 0. The minimum atomic E-state index is -1.00. The summed E-state index contributed by atoms with van der Waals surface area (Å²) in [4.78, 5) is 20.1. The highest BCUT2D eigenvalue weighted by atomic mass is 35.5. The van der Waals surface area contributed by atoms with Crippen molar-refractivity contribution in [3.63, 3.8) is 0 Å². The van der Waals surface area contributed by atoms with Crippen molar-refractivity contribution in [2.45, 2.75) is 18.9 Å². The summed E-state index contributed by atoms with van der Waals surface area (Å²) in [7, 11) is 0. The predicted octanol–water partition coefficient (Wildman–Crippen LogP) is -0.305. The number of carbonyl (C=O) groups excluding carboxylic acids is 1. The van der Waals surface area contributed by atoms with Gasteiger partial charge in [-0.25, -0.2) is 0 Å². The molecule has 106 valence electrons. The molecule has 0 radical (unpaired) electrons. The van der Waals surface area contributed by atoms with Gasteiger partial charge in [-0.1, -0.05) is 0 Å². The van der Waals surface area contributed by atoms with E-state index in [0.717, 1.165) is 0 Å². The molecule has 0 unspecified atom stereocenters. The van der Waals surface area contributed by atoms with E-state index < -0.39 is 12.0 Å². The first-order valence-electron chi connectivity index (χ1n) is 5.05. The van der Waals surface area contributed by atoms with Gasteiger partial charge in [0.25, 0.3) is 0 Å². The maximum absolute atomic E-state index is 10.2. The summed E-state index contributed by atoms with van der Waals surface area (Å²) >= 11 is 10.0. The van der Waals surface area contributed by atoms with Crippen molar-refractivity contribution in [3.8, 4) is 0 Å². The van der Waals surface area contributed by atoms with Gasteiger partial charge in [0.05, 0.1) is 11.8 Å². The topological polar surface area (TPSA) is 142 Å². The monoisotopic (exact) mass is 300 g/mol. The lowest BCUT2D eigenvalue weighted by molar-refractivity contribution is -0.138. The number of carboxylic acid groups (broad SMARTS) is 1. The van der Waals surface area contributed by atoms with Crippen molar-refractivity contribution in [3.05, 3.63) is 0 Å². The molecule has 1 atom stereocenters. The summed E-state index contributed by atoms with van der Waals surface area (Å²) in [6, 6.07) is -0.821. The molecule has 7 N–H and O–H groups in total. The van der Waals surface area contributed by atoms with Crippen LogP contribution < -0.4 is 16.8 Å². The van der Waals surface area contributed by atoms with Crippen molar-refractivity contribution in [2.24, 2.45) is 11.5 Å². The first-order valence-corrected chi connectivity index (χ1v) is 6.12. The molecule has 0 fully saturated rings. The Hall–Kier alpha value is -1.05. The molecule has 0 aromatic carbocycles. The van der Waals surface area contributed by atoms with Gasteiger partial charge < -0.3 is 21.9 Å². The molecule has 0 aromatic heterocycles. The van der Waals surface area contributed by atoms with Crippen LogP contribution in [0.25, 0.3) is 0 Å². The molecule has 0 saturated carbocycles. The van der Waals surface area contributed by atoms with Crippen LogP contribution in [0.1, 0.15) is 12.8 Å². The third-order valence-electron chi connectivity index (χ3n) is 1.62. The highest BCUT2D eigenvalue weighted by Crippen LogP contribution is 1.92. The van der Waals surface area contributed by atoms with Crippen molar-refractivity contribution >= 4 is 40.9 Å². The molecule has 7 nitrogen and oxygen atoms in total. The van der Waals surface area contributed by atoms with Crippen LogP contribution in [0.4, 0.5) is 0 Å². The van der Waals surface area contributed by atoms with Gasteiger partial charge in [0, 0.05) is 6.54 Å². The fraction of sp³-hybridized carbons (Fsp3) is 0.667. The van der Waals surface area contributed by atoms with Crippen LogP contribution in [0, 0.1) is 5.41 Å². The SMILES string of the molecule is N=C(N)NCCC[C@H](N)C(=O)O.O=C(CCl)CCl. The number of hydrogen-bond donors (Lipinski definition) is 5. The quantitative estimate of drug-likeness (QED) is 0.189. The third kappa shape index (κ3) is 14.9. The summed E-state index contributed by atoms with van der Waals surface area (Å²) in [5.41, 5.74) is 10.2. The van der Waals surface area contributed by atoms with E-state index in [2.05, 4.69) is 5.32 Å². The molecule has 18 heavy (non-hydrogen) atoms. The van der Waals surface area contributed by atoms with E-state index in [1.54, 1.807) is 0 Å². The number of ketones is 1. The number of nitrogens with one attached hydrogen (secondary N) is 2. The van der Waals surface area contributed by atoms with Crippen LogP contribution in [0.3, 0.4) is 0 Å². The van der Waals surface area contributed by atoms with Crippen molar-refractivity contribution in [1.29, 1.82) is 5.41 Å². The van der Waals surface area contributed by atoms with Crippen LogP contribution in [0.15, 0.2) is 0 Å². The second kappa shape index (κ2) is 12.4. The molecule has 0 amide bonds. The first-order chi connectivity index (χ1) is 8.34. The number of carbonyl (C=O) groups is 2. The standard InChI is InChI=1S/C6H14N4O2.C3H4Cl2O/c7-4(5(11)12)2-1-3-10-6(8)9;4-1-3(6)2-5/h4H,1-3,7H2,(H,11,12)(H4,8,9,10);1-2H2/t4-;/m0./s1. The van der Waals surface area contributed by atoms with E-state index in [1.165, 1.54) is 0 Å². The largest absolute Gasteiger partial charge is 0.480 e. The minimum absolute atomic E-state index is 0.0312. The average Bonchev–Trinajstić information content (AvgIpc) is 2.33. The van der Waals surface area contributed by atoms with Gasteiger partial charge in [0.15, 0.2) is 11.7 Å². The maximum atomic E-state index is 10.2. The number of Topliss-reactive ketones (excluding diaryl/α,β-unsaturated/α-hetero) is 1. The highest BCUT2D eigenvalue weighted by molar-refractivity contribution is 6.35. The van der Waals surface area contributed by atoms with Gasteiger partial charge in [-0.2, -0.15) is 0 Å². The molecule has 0 saturated heterocycles. The van der Waals surface area contributed by atoms with Crippen LogP contribution in [-0.4, -0.2) is 47.2 Å². The van der Waals surface area contributed by atoms with E-state index in [9.17, 15) is 9.59 Å². The number of hydrogen-bond acceptors (Lipinski definition) is 4. The number of guanidine groups is 1. The van der Waals surface area contributed by atoms with Crippen molar-refractivity contribution < 1.29 is 14.7 Å². The second-order valence-corrected chi connectivity index (χ2v) is 3.77. The Morgan fingerprint density at radius 3 is 2.11 bits per heavy atom. The Kier molecular flexibility index (Phi) is 13.3. The number of halogens is 2. The van der Waals surface area contributed by atoms with Gasteiger partial charge in [-0.3, -0.25) is 15.0 Å². The molecule has 0 aliphatic rings. The molecule has 0 aliphatic carbocycles. The molecular weight excluding hydrogens is 283 g/mol. The highest BCUT2D eigenvalue weighted by Gasteiger charge is 2.09. The van der Waals surface area contributed by atoms with Gasteiger partial charge in [0.1, 0.15) is 6.04 Å². The fourth-order valence-corrected chi connectivity index (χ4v) is 0.990. The summed E-state index contributed by atoms with van der Waals surface area (Å²) in [6.07, 6.45) is 0.975. The van der Waals surface area contributed by atoms with Crippen LogP contribution in [-0.2, 0) is 9.59 Å². The fourth-order valence-electron chi connectivity index (χ4n) is 0.704. The summed E-state index contributed by atoms with van der Waals surface area (Å²) in [5.74, 6) is -1.18. The normalized spacial score (nSPS) is 10.8. The van der Waals surface area contributed by atoms with Crippen LogP contribution >= 0.6 is 23.2 Å². The average molecular weight is 301 g/mol. The molecule has 9 heteroatoms. The van der Waals surface area contributed by atoms with Gasteiger partial charge in [-0.15, -0.1) is 23.2 Å². The zero-order valence-electron chi connectivity index (χ0n) is 9.79. The van der Waals surface area contributed by atoms with Crippen LogP contribution in [0.5, 0.6) is 0 Å². The molecule has 0 spiro atoms. The molecule has 0 heterocycles. The lowest BCUT2D eigenvalue weighted by Crippen LogP contribution is -2.34. The van der Waals surface area contributed by atoms with E-state index in [1.807, 2.05) is 0 Å². The Bertz CT molecular complexity index is 271. The molecule has 0 aromatic rings. The maximum Gasteiger partial charge on any atom is 0.320 e. The zero-order valence-corrected chi connectivity index (χ0v) is 11.3. The van der Waals surface area contributed by atoms with Gasteiger partial charge in [0.2, 0.25) is 0 Å². The van der Waals surface area contributed by atoms with Gasteiger partial charge >= 0.3 is 5.97 Å². The van der Waals surface area contributed by atoms with Crippen molar-refractivity contribution in [1.82, 2.24) is 5.32 Å². The summed E-state index contributed by atoms with van der Waals surface area (Å²) in [5, 5.41) is 17.7.